The smallest absolute Gasteiger partial charge is 0.270 e. The molecule has 0 aromatic heterocycles. The number of carbonyl (C=O) groups excluding carboxylic acids is 1. The number of ether oxygens (including phenoxy) is 1. The molecule has 1 atom stereocenters. The fraction of sp³-hybridized carbons (Fsp3) is 0.231. The van der Waals surface area contributed by atoms with Crippen LogP contribution in [0.5, 0.6) is 5.75 Å². The van der Waals surface area contributed by atoms with Crippen molar-refractivity contribution >= 4 is 17.0 Å². The van der Waals surface area contributed by atoms with Crippen LogP contribution in [0, 0.1) is 21.4 Å². The Morgan fingerprint density at radius 1 is 1.47 bits per heavy atom. The summed E-state index contributed by atoms with van der Waals surface area (Å²) < 4.78 is 5.64. The zero-order valence-electron chi connectivity index (χ0n) is 9.75. The average molecular weight is 256 g/mol. The van der Waals surface area contributed by atoms with Crippen LogP contribution in [0.2, 0.25) is 0 Å². The van der Waals surface area contributed by atoms with Crippen molar-refractivity contribution in [3.8, 4) is 11.8 Å². The quantitative estimate of drug-likeness (QED) is 0.565. The summed E-state index contributed by atoms with van der Waals surface area (Å²) in [6, 6.07) is 6.07. The molecule has 1 aromatic rings. The van der Waals surface area contributed by atoms with Crippen LogP contribution in [0.3, 0.4) is 0 Å². The topological polar surface area (TPSA) is 93.2 Å². The van der Waals surface area contributed by atoms with Crippen molar-refractivity contribution in [3.63, 3.8) is 0 Å². The van der Waals surface area contributed by atoms with E-state index in [-0.39, 0.29) is 17.0 Å². The van der Waals surface area contributed by atoms with Crippen LogP contribution in [0.25, 0.3) is 5.57 Å². The second-order valence-electron chi connectivity index (χ2n) is 4.41. The molecule has 6 nitrogen and oxygen atoms in total. The van der Waals surface area contributed by atoms with Crippen LogP contribution >= 0.6 is 0 Å². The van der Waals surface area contributed by atoms with Crippen LogP contribution in [0.15, 0.2) is 23.8 Å². The summed E-state index contributed by atoms with van der Waals surface area (Å²) in [4.78, 5) is 22.0. The number of hydrogen-bond acceptors (Lipinski definition) is 5. The lowest BCUT2D eigenvalue weighted by molar-refractivity contribution is -0.384. The number of benzene rings is 1. The molecular weight excluding hydrogens is 248 g/mol. The van der Waals surface area contributed by atoms with Crippen molar-refractivity contribution in [1.82, 2.24) is 0 Å². The van der Waals surface area contributed by atoms with Crippen LogP contribution in [0.4, 0.5) is 5.69 Å². The van der Waals surface area contributed by atoms with Gasteiger partial charge in [0.15, 0.2) is 5.78 Å². The highest BCUT2D eigenvalue weighted by molar-refractivity contribution is 6.09. The summed E-state index contributed by atoms with van der Waals surface area (Å²) >= 11 is 0. The lowest BCUT2D eigenvalue weighted by Crippen LogP contribution is -2.22. The molecule has 0 amide bonds. The number of ketones is 1. The van der Waals surface area contributed by atoms with E-state index in [9.17, 15) is 20.2 Å². The third-order valence-electron chi connectivity index (χ3n) is 3.35. The second-order valence-corrected chi connectivity index (χ2v) is 4.41. The Labute approximate surface area is 108 Å². The molecule has 94 valence electrons. The predicted molar refractivity (Wildman–Crippen MR) is 64.3 cm³/mol. The lowest BCUT2D eigenvalue weighted by atomic mass is 9.94. The maximum atomic E-state index is 11.8. The largest absolute Gasteiger partial charge is 0.485 e. The number of carbonyl (C=O) groups is 1. The lowest BCUT2D eigenvalue weighted by Gasteiger charge is -2.23. The van der Waals surface area contributed by atoms with Gasteiger partial charge in [-0.05, 0) is 12.5 Å². The molecule has 2 aliphatic rings. The highest BCUT2D eigenvalue weighted by atomic mass is 16.6. The molecule has 0 N–H and O–H groups in total. The average Bonchev–Trinajstić information content (AvgIpc) is 2.77. The number of nitro groups is 1. The van der Waals surface area contributed by atoms with Crippen molar-refractivity contribution in [3.05, 3.63) is 39.4 Å². The van der Waals surface area contributed by atoms with Crippen molar-refractivity contribution in [1.29, 1.82) is 5.26 Å². The van der Waals surface area contributed by atoms with Gasteiger partial charge in [-0.2, -0.15) is 5.26 Å². The van der Waals surface area contributed by atoms with Gasteiger partial charge < -0.3 is 4.74 Å². The summed E-state index contributed by atoms with van der Waals surface area (Å²) in [7, 11) is 0. The molecule has 1 aliphatic carbocycles. The normalized spacial score (nSPS) is 20.4. The summed E-state index contributed by atoms with van der Waals surface area (Å²) in [6.07, 6.45) is 0.507. The number of fused-ring (bicyclic) bond motifs is 2. The van der Waals surface area contributed by atoms with Gasteiger partial charge in [0.25, 0.3) is 5.69 Å². The predicted octanol–water partition coefficient (Wildman–Crippen LogP) is 2.00. The number of nitrogens with zero attached hydrogens (tertiary/aromatic N) is 2. The van der Waals surface area contributed by atoms with Gasteiger partial charge in [0.1, 0.15) is 17.9 Å². The number of nitro benzene ring substituents is 1. The Balaban J connectivity index is 2.24. The highest BCUT2D eigenvalue weighted by Gasteiger charge is 2.38. The van der Waals surface area contributed by atoms with E-state index in [2.05, 4.69) is 0 Å². The van der Waals surface area contributed by atoms with Crippen molar-refractivity contribution < 1.29 is 14.5 Å². The molecule has 1 saturated carbocycles. The fourth-order valence-corrected chi connectivity index (χ4v) is 2.49. The van der Waals surface area contributed by atoms with Crippen molar-refractivity contribution in [2.75, 3.05) is 0 Å². The molecule has 1 fully saturated rings. The second kappa shape index (κ2) is 3.92. The molecule has 1 aliphatic heterocycles. The molecule has 0 radical (unpaired) electrons. The molecule has 1 heterocycles. The van der Waals surface area contributed by atoms with Crippen molar-refractivity contribution in [2.24, 2.45) is 0 Å². The van der Waals surface area contributed by atoms with Crippen LogP contribution in [0.1, 0.15) is 18.4 Å². The Morgan fingerprint density at radius 2 is 2.26 bits per heavy atom. The van der Waals surface area contributed by atoms with Crippen molar-refractivity contribution in [2.45, 2.75) is 18.9 Å². The first-order valence-corrected chi connectivity index (χ1v) is 5.74. The monoisotopic (exact) mass is 256 g/mol. The van der Waals surface area contributed by atoms with Gasteiger partial charge in [-0.15, -0.1) is 0 Å². The van der Waals surface area contributed by atoms with Crippen LogP contribution < -0.4 is 4.74 Å². The number of allylic oxidation sites excluding steroid dienone is 1. The first-order valence-electron chi connectivity index (χ1n) is 5.74. The van der Waals surface area contributed by atoms with E-state index < -0.39 is 11.0 Å². The summed E-state index contributed by atoms with van der Waals surface area (Å²) in [5.41, 5.74) is 0.769. The first-order chi connectivity index (χ1) is 9.11. The molecule has 19 heavy (non-hydrogen) atoms. The Hall–Kier alpha value is -2.68. The van der Waals surface area contributed by atoms with E-state index in [4.69, 9.17) is 4.74 Å². The summed E-state index contributed by atoms with van der Waals surface area (Å²) in [6.45, 7) is 0. The summed E-state index contributed by atoms with van der Waals surface area (Å²) in [5.74, 6) is 0.310. The number of non-ortho nitro benzene ring substituents is 1. The molecule has 0 saturated heterocycles. The van der Waals surface area contributed by atoms with Gasteiger partial charge in [0.05, 0.1) is 16.1 Å². The summed E-state index contributed by atoms with van der Waals surface area (Å²) in [5, 5.41) is 20.0. The van der Waals surface area contributed by atoms with Gasteiger partial charge >= 0.3 is 0 Å². The molecule has 1 unspecified atom stereocenters. The standard InChI is InChI=1S/C13H8N2O4/c14-6-9-8-5-7(15(17)18)1-3-11(8)19-12-4-2-10(16)13(9)12/h1,3,5,12H,2,4H2. The third-order valence-corrected chi connectivity index (χ3v) is 3.35. The molecular formula is C13H8N2O4. The van der Waals surface area contributed by atoms with Gasteiger partial charge in [-0.25, -0.2) is 0 Å². The Bertz CT molecular complexity index is 684. The van der Waals surface area contributed by atoms with Crippen LogP contribution in [-0.4, -0.2) is 16.8 Å². The Morgan fingerprint density at radius 3 is 2.95 bits per heavy atom. The number of hydrogen-bond donors (Lipinski definition) is 0. The van der Waals surface area contributed by atoms with E-state index in [1.54, 1.807) is 0 Å². The molecule has 3 rings (SSSR count). The molecule has 0 spiro atoms. The molecule has 0 bridgehead atoms. The zero-order chi connectivity index (χ0) is 13.6. The van der Waals surface area contributed by atoms with Crippen LogP contribution in [-0.2, 0) is 4.79 Å². The SMILES string of the molecule is N#CC1=C2C(=O)CCC2Oc2ccc([N+](=O)[O-])cc21. The maximum Gasteiger partial charge on any atom is 0.270 e. The Kier molecular flexibility index (Phi) is 2.35. The van der Waals surface area contributed by atoms with E-state index in [1.807, 2.05) is 6.07 Å². The van der Waals surface area contributed by atoms with E-state index in [0.717, 1.165) is 0 Å². The third kappa shape index (κ3) is 1.59. The number of Topliss-reactive ketones (excluding diaryl/α,β-unsaturated/α-hetero) is 1. The minimum Gasteiger partial charge on any atom is -0.485 e. The van der Waals surface area contributed by atoms with Gasteiger partial charge in [-0.3, -0.25) is 14.9 Å². The van der Waals surface area contributed by atoms with Gasteiger partial charge in [0, 0.05) is 24.1 Å². The highest BCUT2D eigenvalue weighted by Crippen LogP contribution is 2.42. The first kappa shape index (κ1) is 11.4. The van der Waals surface area contributed by atoms with E-state index in [1.165, 1.54) is 18.2 Å². The molecule has 1 aromatic carbocycles. The van der Waals surface area contributed by atoms with E-state index in [0.29, 0.717) is 29.7 Å². The number of rotatable bonds is 1. The zero-order valence-corrected chi connectivity index (χ0v) is 9.75. The molecule has 6 heteroatoms. The fourth-order valence-electron chi connectivity index (χ4n) is 2.49. The van der Waals surface area contributed by atoms with E-state index >= 15 is 0 Å². The minimum atomic E-state index is -0.539. The minimum absolute atomic E-state index is 0.112. The van der Waals surface area contributed by atoms with Gasteiger partial charge in [-0.1, -0.05) is 0 Å². The number of nitriles is 1. The van der Waals surface area contributed by atoms with Gasteiger partial charge in [0.2, 0.25) is 0 Å². The maximum absolute atomic E-state index is 11.8.